The van der Waals surface area contributed by atoms with Gasteiger partial charge in [-0.2, -0.15) is 0 Å². The first-order valence-corrected chi connectivity index (χ1v) is 4.00. The summed E-state index contributed by atoms with van der Waals surface area (Å²) in [6, 6.07) is 0. The van der Waals surface area contributed by atoms with Crippen molar-refractivity contribution < 1.29 is 21.9 Å². The van der Waals surface area contributed by atoms with E-state index >= 15 is 0 Å². The SMILES string of the molecule is C[S+](C)C[N+](=O)[O-].[Br-]. The molecular weight excluding hydrogens is 194 g/mol. The quantitative estimate of drug-likeness (QED) is 0.274. The summed E-state index contributed by atoms with van der Waals surface area (Å²) in [5, 5.41) is 9.62. The zero-order valence-electron chi connectivity index (χ0n) is 4.76. The van der Waals surface area contributed by atoms with Crippen LogP contribution in [0.3, 0.4) is 0 Å². The van der Waals surface area contributed by atoms with Gasteiger partial charge in [0, 0.05) is 0 Å². The molecule has 0 aromatic heterocycles. The summed E-state index contributed by atoms with van der Waals surface area (Å²) >= 11 is 0. The lowest BCUT2D eigenvalue weighted by Crippen LogP contribution is -3.00. The maximum absolute atomic E-state index is 9.62. The van der Waals surface area contributed by atoms with Gasteiger partial charge in [0.25, 0.3) is 0 Å². The first kappa shape index (κ1) is 11.1. The van der Waals surface area contributed by atoms with Crippen LogP contribution in [0.1, 0.15) is 0 Å². The fourth-order valence-corrected chi connectivity index (χ4v) is 0.632. The molecule has 0 radical (unpaired) electrons. The van der Waals surface area contributed by atoms with E-state index in [-0.39, 0.29) is 38.7 Å². The topological polar surface area (TPSA) is 43.1 Å². The minimum absolute atomic E-state index is 0. The molecule has 0 unspecified atom stereocenters. The monoisotopic (exact) mass is 201 g/mol. The summed E-state index contributed by atoms with van der Waals surface area (Å²) in [7, 11) is -0.0448. The average molecular weight is 202 g/mol. The van der Waals surface area contributed by atoms with Crippen LogP contribution in [0.2, 0.25) is 0 Å². The fourth-order valence-electron chi connectivity index (χ4n) is 0.211. The van der Waals surface area contributed by atoms with E-state index < -0.39 is 0 Å². The van der Waals surface area contributed by atoms with Gasteiger partial charge in [-0.3, -0.25) is 10.1 Å². The third-order valence-electron chi connectivity index (χ3n) is 0.364. The van der Waals surface area contributed by atoms with E-state index in [0.717, 1.165) is 0 Å². The van der Waals surface area contributed by atoms with Crippen molar-refractivity contribution in [3.8, 4) is 0 Å². The van der Waals surface area contributed by atoms with Gasteiger partial charge in [0.1, 0.15) is 12.5 Å². The Labute approximate surface area is 61.7 Å². The molecule has 0 rings (SSSR count). The zero-order valence-corrected chi connectivity index (χ0v) is 7.16. The van der Waals surface area contributed by atoms with Gasteiger partial charge < -0.3 is 17.0 Å². The van der Waals surface area contributed by atoms with E-state index in [2.05, 4.69) is 0 Å². The van der Waals surface area contributed by atoms with Crippen molar-refractivity contribution in [2.45, 2.75) is 0 Å². The van der Waals surface area contributed by atoms with Crippen molar-refractivity contribution in [2.24, 2.45) is 0 Å². The van der Waals surface area contributed by atoms with Crippen LogP contribution in [0.5, 0.6) is 0 Å². The Kier molecular flexibility index (Phi) is 7.44. The zero-order chi connectivity index (χ0) is 5.86. The van der Waals surface area contributed by atoms with Gasteiger partial charge in [-0.05, 0) is 0 Å². The van der Waals surface area contributed by atoms with E-state index in [4.69, 9.17) is 0 Å². The Balaban J connectivity index is 0. The highest BCUT2D eigenvalue weighted by Crippen LogP contribution is 1.81. The fraction of sp³-hybridized carbons (Fsp3) is 1.00. The van der Waals surface area contributed by atoms with Crippen LogP contribution in [0.25, 0.3) is 0 Å². The van der Waals surface area contributed by atoms with Crippen LogP contribution in [0, 0.1) is 10.1 Å². The van der Waals surface area contributed by atoms with E-state index in [9.17, 15) is 10.1 Å². The molecule has 0 heterocycles. The molecule has 0 bridgehead atoms. The van der Waals surface area contributed by atoms with E-state index in [1.54, 1.807) is 0 Å². The highest BCUT2D eigenvalue weighted by molar-refractivity contribution is 7.95. The summed E-state index contributed by atoms with van der Waals surface area (Å²) in [6.45, 7) is 0. The number of nitrogens with zero attached hydrogens (tertiary/aromatic N) is 1. The van der Waals surface area contributed by atoms with Crippen LogP contribution in [-0.2, 0) is 10.9 Å². The Bertz CT molecular complexity index is 77.7. The molecule has 8 heavy (non-hydrogen) atoms. The predicted octanol–water partition coefficient (Wildman–Crippen LogP) is -2.90. The van der Waals surface area contributed by atoms with Crippen LogP contribution in [-0.4, -0.2) is 23.3 Å². The molecule has 0 aromatic carbocycles. The molecule has 3 nitrogen and oxygen atoms in total. The molecule has 0 fully saturated rings. The standard InChI is InChI=1S/C3H8NO2S.BrH/c1-7(2)3-4(5)6;/h3H2,1-2H3;1H/q+1;/p-1. The Morgan fingerprint density at radius 3 is 2.00 bits per heavy atom. The summed E-state index contributed by atoms with van der Waals surface area (Å²) in [5.74, 6) is 0.111. The normalized spacial score (nSPS) is 8.38. The van der Waals surface area contributed by atoms with Gasteiger partial charge in [-0.1, -0.05) is 0 Å². The molecular formula is C3H8BrNO2S. The number of hydrogen-bond acceptors (Lipinski definition) is 2. The molecule has 50 valence electrons. The van der Waals surface area contributed by atoms with Crippen molar-refractivity contribution in [3.05, 3.63) is 10.1 Å². The first-order chi connectivity index (χ1) is 3.13. The number of hydrogen-bond donors (Lipinski definition) is 0. The Hall–Kier alpha value is 0.230. The lowest BCUT2D eigenvalue weighted by atomic mass is 11.5. The summed E-state index contributed by atoms with van der Waals surface area (Å²) in [4.78, 5) is 9.33. The minimum atomic E-state index is -0.289. The highest BCUT2D eigenvalue weighted by Gasteiger charge is 2.08. The lowest BCUT2D eigenvalue weighted by Gasteiger charge is -1.84. The van der Waals surface area contributed by atoms with E-state index in [1.165, 1.54) is 0 Å². The maximum atomic E-state index is 9.62. The van der Waals surface area contributed by atoms with Crippen molar-refractivity contribution in [3.63, 3.8) is 0 Å². The summed E-state index contributed by atoms with van der Waals surface area (Å²) in [5.41, 5.74) is 0. The van der Waals surface area contributed by atoms with Gasteiger partial charge in [0.2, 0.25) is 0 Å². The highest BCUT2D eigenvalue weighted by atomic mass is 79.9. The second kappa shape index (κ2) is 5.37. The number of rotatable bonds is 2. The van der Waals surface area contributed by atoms with Crippen molar-refractivity contribution in [1.82, 2.24) is 0 Å². The Morgan fingerprint density at radius 1 is 1.62 bits per heavy atom. The summed E-state index contributed by atoms with van der Waals surface area (Å²) < 4.78 is 0. The minimum Gasteiger partial charge on any atom is -1.00 e. The van der Waals surface area contributed by atoms with Crippen LogP contribution >= 0.6 is 0 Å². The molecule has 0 amide bonds. The van der Waals surface area contributed by atoms with Crippen LogP contribution in [0.4, 0.5) is 0 Å². The van der Waals surface area contributed by atoms with Gasteiger partial charge in [-0.25, -0.2) is 0 Å². The largest absolute Gasteiger partial charge is 1.00 e. The molecule has 0 spiro atoms. The maximum Gasteiger partial charge on any atom is 0.350 e. The van der Waals surface area contributed by atoms with Crippen LogP contribution in [0.15, 0.2) is 0 Å². The second-order valence-corrected chi connectivity index (χ2v) is 3.68. The number of halogens is 1. The lowest BCUT2D eigenvalue weighted by molar-refractivity contribution is -0.457. The third-order valence-corrected chi connectivity index (χ3v) is 1.09. The van der Waals surface area contributed by atoms with Gasteiger partial charge in [0.15, 0.2) is 0 Å². The molecule has 0 N–H and O–H groups in total. The average Bonchev–Trinajstić information content (AvgIpc) is 1.27. The molecule has 0 aliphatic rings. The van der Waals surface area contributed by atoms with Crippen molar-refractivity contribution >= 4 is 10.9 Å². The van der Waals surface area contributed by atoms with E-state index in [1.807, 2.05) is 12.5 Å². The van der Waals surface area contributed by atoms with Crippen molar-refractivity contribution in [1.29, 1.82) is 0 Å². The molecule has 0 saturated carbocycles. The molecule has 0 atom stereocenters. The smallest absolute Gasteiger partial charge is 0.350 e. The predicted molar refractivity (Wildman–Crippen MR) is 31.1 cm³/mol. The van der Waals surface area contributed by atoms with Gasteiger partial charge in [-0.15, -0.1) is 0 Å². The molecule has 0 saturated heterocycles. The molecule has 0 aromatic rings. The summed E-state index contributed by atoms with van der Waals surface area (Å²) in [6.07, 6.45) is 3.70. The Morgan fingerprint density at radius 2 is 2.00 bits per heavy atom. The second-order valence-electron chi connectivity index (χ2n) is 1.45. The first-order valence-electron chi connectivity index (χ1n) is 1.79. The molecule has 0 aliphatic carbocycles. The third kappa shape index (κ3) is 9.52. The van der Waals surface area contributed by atoms with Crippen LogP contribution < -0.4 is 17.0 Å². The number of nitro groups is 1. The van der Waals surface area contributed by atoms with Gasteiger partial charge in [0.05, 0.1) is 15.8 Å². The van der Waals surface area contributed by atoms with E-state index in [0.29, 0.717) is 0 Å². The van der Waals surface area contributed by atoms with Crippen molar-refractivity contribution in [2.75, 3.05) is 18.4 Å². The molecule has 5 heteroatoms. The molecule has 0 aliphatic heterocycles. The van der Waals surface area contributed by atoms with Gasteiger partial charge >= 0.3 is 5.88 Å².